The Bertz CT molecular complexity index is 1350. The van der Waals surface area contributed by atoms with Crippen LogP contribution in [0, 0.1) is 5.92 Å². The van der Waals surface area contributed by atoms with Gasteiger partial charge in [0, 0.05) is 6.07 Å². The Balaban J connectivity index is 1.75. The van der Waals surface area contributed by atoms with E-state index in [2.05, 4.69) is 10.1 Å². The summed E-state index contributed by atoms with van der Waals surface area (Å²) < 4.78 is 26.5. The lowest BCUT2D eigenvalue weighted by atomic mass is 10.1. The highest BCUT2D eigenvalue weighted by molar-refractivity contribution is 5.89. The number of hydrogen-bond donors (Lipinski definition) is 1. The van der Waals surface area contributed by atoms with Gasteiger partial charge in [0.2, 0.25) is 11.2 Å². The third-order valence-electron chi connectivity index (χ3n) is 5.03. The van der Waals surface area contributed by atoms with Crippen LogP contribution in [0.3, 0.4) is 0 Å². The van der Waals surface area contributed by atoms with Gasteiger partial charge >= 0.3 is 18.0 Å². The van der Waals surface area contributed by atoms with E-state index in [1.807, 2.05) is 0 Å². The van der Waals surface area contributed by atoms with Gasteiger partial charge in [0.25, 0.3) is 0 Å². The fourth-order valence-electron chi connectivity index (χ4n) is 3.24. The number of benzene rings is 2. The van der Waals surface area contributed by atoms with Crippen molar-refractivity contribution in [2.75, 3.05) is 7.11 Å². The van der Waals surface area contributed by atoms with Crippen LogP contribution in [-0.4, -0.2) is 36.8 Å². The second-order valence-corrected chi connectivity index (χ2v) is 9.49. The van der Waals surface area contributed by atoms with E-state index in [1.54, 1.807) is 34.6 Å². The van der Waals surface area contributed by atoms with E-state index in [0.717, 1.165) is 6.26 Å². The van der Waals surface area contributed by atoms with Crippen LogP contribution < -0.4 is 20.2 Å². The normalized spacial score (nSPS) is 12.1. The first-order chi connectivity index (χ1) is 17.4. The van der Waals surface area contributed by atoms with Gasteiger partial charge in [-0.1, -0.05) is 13.8 Å². The van der Waals surface area contributed by atoms with Crippen molar-refractivity contribution in [2.24, 2.45) is 5.92 Å². The third-order valence-corrected chi connectivity index (χ3v) is 5.03. The number of hydrogen-bond acceptors (Lipinski definition) is 9. The van der Waals surface area contributed by atoms with Gasteiger partial charge in [0.05, 0.1) is 18.1 Å². The highest BCUT2D eigenvalue weighted by Crippen LogP contribution is 2.25. The molecule has 1 N–H and O–H groups in total. The fourth-order valence-corrected chi connectivity index (χ4v) is 3.24. The number of esters is 2. The summed E-state index contributed by atoms with van der Waals surface area (Å²) in [5.41, 5.74) is -0.656. The van der Waals surface area contributed by atoms with E-state index in [1.165, 1.54) is 49.6 Å². The maximum absolute atomic E-state index is 12.9. The van der Waals surface area contributed by atoms with E-state index >= 15 is 0 Å². The topological polar surface area (TPSA) is 130 Å². The molecule has 1 atom stereocenters. The van der Waals surface area contributed by atoms with Crippen molar-refractivity contribution >= 4 is 29.0 Å². The summed E-state index contributed by atoms with van der Waals surface area (Å²) >= 11 is 0. The van der Waals surface area contributed by atoms with Gasteiger partial charge in [0.15, 0.2) is 0 Å². The van der Waals surface area contributed by atoms with Crippen LogP contribution >= 0.6 is 0 Å². The molecule has 0 radical (unpaired) electrons. The summed E-state index contributed by atoms with van der Waals surface area (Å²) in [5, 5.41) is 2.74. The minimum atomic E-state index is -0.959. The van der Waals surface area contributed by atoms with Crippen molar-refractivity contribution in [1.82, 2.24) is 5.32 Å². The first kappa shape index (κ1) is 27.3. The van der Waals surface area contributed by atoms with Gasteiger partial charge in [0.1, 0.15) is 35.0 Å². The van der Waals surface area contributed by atoms with Crippen molar-refractivity contribution in [3.05, 3.63) is 64.5 Å². The smallest absolute Gasteiger partial charge is 0.408 e. The molecule has 0 unspecified atom stereocenters. The van der Waals surface area contributed by atoms with E-state index in [4.69, 9.17) is 18.6 Å². The maximum Gasteiger partial charge on any atom is 0.408 e. The quantitative estimate of drug-likeness (QED) is 0.350. The summed E-state index contributed by atoms with van der Waals surface area (Å²) in [4.78, 5) is 49.4. The highest BCUT2D eigenvalue weighted by atomic mass is 16.6. The Labute approximate surface area is 213 Å². The van der Waals surface area contributed by atoms with Gasteiger partial charge < -0.3 is 28.7 Å². The molecule has 37 heavy (non-hydrogen) atoms. The lowest BCUT2D eigenvalue weighted by molar-refractivity contribution is -0.137. The number of methoxy groups -OCH3 is 1. The Kier molecular flexibility index (Phi) is 8.21. The van der Waals surface area contributed by atoms with Crippen LogP contribution in [0.4, 0.5) is 4.79 Å². The number of ether oxygens (including phenoxy) is 4. The molecular weight excluding hydrogens is 482 g/mol. The second kappa shape index (κ2) is 11.2. The van der Waals surface area contributed by atoms with Crippen molar-refractivity contribution in [3.63, 3.8) is 0 Å². The van der Waals surface area contributed by atoms with Crippen LogP contribution in [0.5, 0.6) is 17.2 Å². The van der Waals surface area contributed by atoms with Gasteiger partial charge in [-0.3, -0.25) is 4.79 Å². The Morgan fingerprint density at radius 2 is 1.62 bits per heavy atom. The minimum absolute atomic E-state index is 0.0653. The standard InChI is InChI=1S/C27H29NO9/c1-15(2)22(28-26(32)37-27(3,4)5)25(31)36-18-11-12-19-20(13-18)34-14-21(23(19)29)35-17-9-7-16(8-10-17)24(30)33-6/h7-15,22H,1-6H3,(H,28,32)/t22-/m1/s1. The van der Waals surface area contributed by atoms with Crippen LogP contribution in [-0.2, 0) is 14.3 Å². The number of rotatable bonds is 7. The zero-order valence-corrected chi connectivity index (χ0v) is 21.4. The number of amides is 1. The van der Waals surface area contributed by atoms with Crippen LogP contribution in [0.2, 0.25) is 0 Å². The summed E-state index contributed by atoms with van der Waals surface area (Å²) in [7, 11) is 1.28. The molecule has 0 spiro atoms. The van der Waals surface area contributed by atoms with Gasteiger partial charge in [-0.15, -0.1) is 0 Å². The molecule has 2 aromatic carbocycles. The molecule has 3 aromatic rings. The van der Waals surface area contributed by atoms with Gasteiger partial charge in [-0.2, -0.15) is 0 Å². The predicted octanol–water partition coefficient (Wildman–Crippen LogP) is 4.83. The minimum Gasteiger partial charge on any atom is -0.465 e. The molecule has 0 saturated heterocycles. The Morgan fingerprint density at radius 3 is 2.22 bits per heavy atom. The summed E-state index contributed by atoms with van der Waals surface area (Å²) in [6.07, 6.45) is 0.408. The zero-order chi connectivity index (χ0) is 27.3. The van der Waals surface area contributed by atoms with E-state index in [9.17, 15) is 19.2 Å². The predicted molar refractivity (Wildman–Crippen MR) is 134 cm³/mol. The molecule has 196 valence electrons. The van der Waals surface area contributed by atoms with Crippen molar-refractivity contribution < 1.29 is 37.7 Å². The molecule has 0 aliphatic heterocycles. The number of carbonyl (C=O) groups excluding carboxylic acids is 3. The molecule has 10 nitrogen and oxygen atoms in total. The van der Waals surface area contributed by atoms with E-state index in [-0.39, 0.29) is 28.4 Å². The van der Waals surface area contributed by atoms with E-state index in [0.29, 0.717) is 11.3 Å². The summed E-state index contributed by atoms with van der Waals surface area (Å²) in [6.45, 7) is 8.67. The molecule has 0 aliphatic rings. The monoisotopic (exact) mass is 511 g/mol. The molecule has 0 saturated carbocycles. The van der Waals surface area contributed by atoms with Gasteiger partial charge in [-0.05, 0) is 63.1 Å². The number of fused-ring (bicyclic) bond motifs is 1. The number of nitrogens with one attached hydrogen (secondary N) is 1. The molecule has 1 heterocycles. The van der Waals surface area contributed by atoms with Gasteiger partial charge in [-0.25, -0.2) is 14.4 Å². The highest BCUT2D eigenvalue weighted by Gasteiger charge is 2.28. The molecule has 1 amide bonds. The molecular formula is C27H29NO9. The molecule has 0 aliphatic carbocycles. The van der Waals surface area contributed by atoms with Crippen LogP contribution in [0.15, 0.2) is 57.9 Å². The average molecular weight is 512 g/mol. The van der Waals surface area contributed by atoms with Crippen molar-refractivity contribution in [3.8, 4) is 17.2 Å². The largest absolute Gasteiger partial charge is 0.465 e. The number of carbonyl (C=O) groups is 3. The molecule has 0 fully saturated rings. The van der Waals surface area contributed by atoms with Crippen LogP contribution in [0.1, 0.15) is 45.0 Å². The first-order valence-corrected chi connectivity index (χ1v) is 11.5. The molecule has 3 rings (SSSR count). The average Bonchev–Trinajstić information content (AvgIpc) is 2.83. The third kappa shape index (κ3) is 7.09. The van der Waals surface area contributed by atoms with Crippen molar-refractivity contribution in [1.29, 1.82) is 0 Å². The maximum atomic E-state index is 12.9. The molecule has 0 bridgehead atoms. The second-order valence-electron chi connectivity index (χ2n) is 9.49. The first-order valence-electron chi connectivity index (χ1n) is 11.5. The molecule has 10 heteroatoms. The Morgan fingerprint density at radius 1 is 0.973 bits per heavy atom. The fraction of sp³-hybridized carbons (Fsp3) is 0.333. The SMILES string of the molecule is COC(=O)c1ccc(Oc2coc3cc(OC(=O)[C@H](NC(=O)OC(C)(C)C)C(C)C)ccc3c2=O)cc1. The lowest BCUT2D eigenvalue weighted by Gasteiger charge is -2.24. The van der Waals surface area contributed by atoms with E-state index < -0.39 is 35.1 Å². The molecule has 1 aromatic heterocycles. The number of alkyl carbamates (subject to hydrolysis) is 1. The van der Waals surface area contributed by atoms with Crippen molar-refractivity contribution in [2.45, 2.75) is 46.3 Å². The van der Waals surface area contributed by atoms with Crippen LogP contribution in [0.25, 0.3) is 11.0 Å². The Hall–Kier alpha value is -4.34. The summed E-state index contributed by atoms with van der Waals surface area (Å²) in [6, 6.07) is 9.38. The summed E-state index contributed by atoms with van der Waals surface area (Å²) in [5.74, 6) is -1.08. The zero-order valence-electron chi connectivity index (χ0n) is 21.4. The lowest BCUT2D eigenvalue weighted by Crippen LogP contribution is -2.48.